The molecule has 1 N–H and O–H groups in total. The van der Waals surface area contributed by atoms with Crippen LogP contribution in [0, 0.1) is 11.8 Å². The number of hydrogen-bond donors (Lipinski definition) is 2. The Balaban J connectivity index is 3.75. The zero-order valence-electron chi connectivity index (χ0n) is 7.24. The van der Waals surface area contributed by atoms with Gasteiger partial charge in [0.1, 0.15) is 0 Å². The first kappa shape index (κ1) is 10.8. The standard InChI is InChI=1S/C8H16O2S/c1-5(2)6(3)4-7(11)8(9)10/h5-7,11H,4H2,1-3H3,(H,9,10). The third-order valence-corrected chi connectivity index (χ3v) is 2.45. The summed E-state index contributed by atoms with van der Waals surface area (Å²) in [4.78, 5) is 10.4. The summed E-state index contributed by atoms with van der Waals surface area (Å²) in [5, 5.41) is 8.03. The molecule has 66 valence electrons. The van der Waals surface area contributed by atoms with E-state index < -0.39 is 11.2 Å². The van der Waals surface area contributed by atoms with E-state index in [1.165, 1.54) is 0 Å². The number of carboxylic acid groups (broad SMARTS) is 1. The number of carboxylic acids is 1. The quantitative estimate of drug-likeness (QED) is 0.643. The van der Waals surface area contributed by atoms with Gasteiger partial charge in [-0.15, -0.1) is 0 Å². The Morgan fingerprint density at radius 1 is 1.45 bits per heavy atom. The summed E-state index contributed by atoms with van der Waals surface area (Å²) in [6.07, 6.45) is 0.649. The van der Waals surface area contributed by atoms with Gasteiger partial charge in [0.25, 0.3) is 0 Å². The van der Waals surface area contributed by atoms with Crippen molar-refractivity contribution < 1.29 is 9.90 Å². The van der Waals surface area contributed by atoms with Gasteiger partial charge in [0, 0.05) is 0 Å². The first-order chi connectivity index (χ1) is 4.95. The third-order valence-electron chi connectivity index (χ3n) is 2.02. The normalized spacial score (nSPS) is 16.5. The molecule has 0 aromatic carbocycles. The largest absolute Gasteiger partial charge is 0.480 e. The van der Waals surface area contributed by atoms with Crippen LogP contribution in [0.15, 0.2) is 0 Å². The van der Waals surface area contributed by atoms with Crippen molar-refractivity contribution in [3.8, 4) is 0 Å². The number of hydrogen-bond acceptors (Lipinski definition) is 2. The van der Waals surface area contributed by atoms with Gasteiger partial charge in [-0.2, -0.15) is 12.6 Å². The molecule has 0 aliphatic carbocycles. The summed E-state index contributed by atoms with van der Waals surface area (Å²) in [6.45, 7) is 6.23. The van der Waals surface area contributed by atoms with Crippen LogP contribution in [0.5, 0.6) is 0 Å². The average Bonchev–Trinajstić information content (AvgIpc) is 1.87. The Labute approximate surface area is 73.4 Å². The molecule has 11 heavy (non-hydrogen) atoms. The molecule has 0 aliphatic rings. The second-order valence-electron chi connectivity index (χ2n) is 3.31. The van der Waals surface area contributed by atoms with Gasteiger partial charge in [0.15, 0.2) is 0 Å². The highest BCUT2D eigenvalue weighted by atomic mass is 32.1. The number of aliphatic carboxylic acids is 1. The second kappa shape index (κ2) is 4.65. The van der Waals surface area contributed by atoms with Crippen LogP contribution in [-0.4, -0.2) is 16.3 Å². The van der Waals surface area contributed by atoms with Crippen molar-refractivity contribution in [2.75, 3.05) is 0 Å². The molecule has 0 spiro atoms. The molecule has 0 aromatic heterocycles. The molecule has 0 bridgehead atoms. The van der Waals surface area contributed by atoms with E-state index in [4.69, 9.17) is 5.11 Å². The molecule has 2 unspecified atom stereocenters. The lowest BCUT2D eigenvalue weighted by Crippen LogP contribution is -2.19. The Morgan fingerprint density at radius 2 is 1.91 bits per heavy atom. The van der Waals surface area contributed by atoms with Gasteiger partial charge in [0.2, 0.25) is 0 Å². The number of thiol groups is 1. The summed E-state index contributed by atoms with van der Waals surface area (Å²) in [6, 6.07) is 0. The van der Waals surface area contributed by atoms with E-state index in [2.05, 4.69) is 33.4 Å². The molecule has 0 heterocycles. The fourth-order valence-corrected chi connectivity index (χ4v) is 1.06. The van der Waals surface area contributed by atoms with E-state index in [1.54, 1.807) is 0 Å². The van der Waals surface area contributed by atoms with Crippen molar-refractivity contribution in [2.45, 2.75) is 32.4 Å². The van der Waals surface area contributed by atoms with Crippen molar-refractivity contribution in [1.82, 2.24) is 0 Å². The molecule has 2 atom stereocenters. The van der Waals surface area contributed by atoms with Crippen molar-refractivity contribution >= 4 is 18.6 Å². The topological polar surface area (TPSA) is 37.3 Å². The van der Waals surface area contributed by atoms with Gasteiger partial charge in [0.05, 0.1) is 5.25 Å². The van der Waals surface area contributed by atoms with E-state index >= 15 is 0 Å². The second-order valence-corrected chi connectivity index (χ2v) is 3.93. The lowest BCUT2D eigenvalue weighted by atomic mass is 9.93. The van der Waals surface area contributed by atoms with Crippen molar-refractivity contribution in [3.05, 3.63) is 0 Å². The molecule has 2 nitrogen and oxygen atoms in total. The molecule has 3 heteroatoms. The van der Waals surface area contributed by atoms with Gasteiger partial charge < -0.3 is 5.11 Å². The van der Waals surface area contributed by atoms with Gasteiger partial charge in [-0.3, -0.25) is 4.79 Å². The van der Waals surface area contributed by atoms with E-state index in [1.807, 2.05) is 0 Å². The smallest absolute Gasteiger partial charge is 0.316 e. The summed E-state index contributed by atoms with van der Waals surface area (Å²) < 4.78 is 0. The summed E-state index contributed by atoms with van der Waals surface area (Å²) in [5.41, 5.74) is 0. The SMILES string of the molecule is CC(C)C(C)CC(S)C(=O)O. The summed E-state index contributed by atoms with van der Waals surface area (Å²) in [5.74, 6) is 0.137. The molecule has 0 radical (unpaired) electrons. The predicted molar refractivity (Wildman–Crippen MR) is 49.0 cm³/mol. The molecule has 0 rings (SSSR count). The highest BCUT2D eigenvalue weighted by molar-refractivity contribution is 7.81. The maximum Gasteiger partial charge on any atom is 0.316 e. The molecule has 0 saturated heterocycles. The highest BCUT2D eigenvalue weighted by Gasteiger charge is 2.17. The molecular formula is C8H16O2S. The monoisotopic (exact) mass is 176 g/mol. The van der Waals surface area contributed by atoms with E-state index in [9.17, 15) is 4.79 Å². The predicted octanol–water partition coefficient (Wildman–Crippen LogP) is 2.05. The van der Waals surface area contributed by atoms with Crippen LogP contribution in [0.25, 0.3) is 0 Å². The van der Waals surface area contributed by atoms with E-state index in [0.717, 1.165) is 0 Å². The zero-order chi connectivity index (χ0) is 9.02. The van der Waals surface area contributed by atoms with E-state index in [0.29, 0.717) is 18.3 Å². The number of carbonyl (C=O) groups is 1. The van der Waals surface area contributed by atoms with Crippen LogP contribution in [0.4, 0.5) is 0 Å². The van der Waals surface area contributed by atoms with Crippen LogP contribution >= 0.6 is 12.6 Å². The van der Waals surface area contributed by atoms with Crippen LogP contribution in [0.1, 0.15) is 27.2 Å². The van der Waals surface area contributed by atoms with Gasteiger partial charge in [-0.25, -0.2) is 0 Å². The highest BCUT2D eigenvalue weighted by Crippen LogP contribution is 2.18. The van der Waals surface area contributed by atoms with Crippen LogP contribution in [0.3, 0.4) is 0 Å². The van der Waals surface area contributed by atoms with Crippen molar-refractivity contribution in [3.63, 3.8) is 0 Å². The maximum atomic E-state index is 10.4. The molecule has 0 amide bonds. The maximum absolute atomic E-state index is 10.4. The van der Waals surface area contributed by atoms with Crippen molar-refractivity contribution in [1.29, 1.82) is 0 Å². The molecule has 0 fully saturated rings. The van der Waals surface area contributed by atoms with Crippen LogP contribution in [-0.2, 0) is 4.79 Å². The van der Waals surface area contributed by atoms with Gasteiger partial charge in [-0.1, -0.05) is 20.8 Å². The Morgan fingerprint density at radius 3 is 2.18 bits per heavy atom. The molecule has 0 saturated carbocycles. The minimum Gasteiger partial charge on any atom is -0.480 e. The molecule has 0 aliphatic heterocycles. The first-order valence-electron chi connectivity index (χ1n) is 3.86. The van der Waals surface area contributed by atoms with Gasteiger partial charge >= 0.3 is 5.97 Å². The van der Waals surface area contributed by atoms with Crippen LogP contribution < -0.4 is 0 Å². The molecule has 0 aromatic rings. The Kier molecular flexibility index (Phi) is 4.57. The first-order valence-corrected chi connectivity index (χ1v) is 4.37. The lowest BCUT2D eigenvalue weighted by molar-refractivity contribution is -0.136. The fraction of sp³-hybridized carbons (Fsp3) is 0.875. The van der Waals surface area contributed by atoms with Gasteiger partial charge in [-0.05, 0) is 18.3 Å². The summed E-state index contributed by atoms with van der Waals surface area (Å²) >= 11 is 3.96. The minimum atomic E-state index is -0.819. The zero-order valence-corrected chi connectivity index (χ0v) is 8.14. The van der Waals surface area contributed by atoms with Crippen LogP contribution in [0.2, 0.25) is 0 Å². The van der Waals surface area contributed by atoms with Crippen molar-refractivity contribution in [2.24, 2.45) is 11.8 Å². The molecular weight excluding hydrogens is 160 g/mol. The lowest BCUT2D eigenvalue weighted by Gasteiger charge is -2.16. The Hall–Kier alpha value is -0.180. The fourth-order valence-electron chi connectivity index (χ4n) is 0.725. The third kappa shape index (κ3) is 4.30. The van der Waals surface area contributed by atoms with E-state index in [-0.39, 0.29) is 0 Å². The average molecular weight is 176 g/mol. The number of rotatable bonds is 4. The summed E-state index contributed by atoms with van der Waals surface area (Å²) in [7, 11) is 0. The Bertz CT molecular complexity index is 134. The minimum absolute atomic E-state index is 0.425.